The third-order valence-electron chi connectivity index (χ3n) is 1.72. The van der Waals surface area contributed by atoms with Crippen molar-refractivity contribution in [3.8, 4) is 0 Å². The topological polar surface area (TPSA) is 61.7 Å². The second kappa shape index (κ2) is 6.16. The molecule has 1 aromatic rings. The van der Waals surface area contributed by atoms with Crippen molar-refractivity contribution in [1.82, 2.24) is 5.32 Å². The lowest BCUT2D eigenvalue weighted by molar-refractivity contribution is 0.199. The largest absolute Gasteiger partial charge is 0.499 e. The van der Waals surface area contributed by atoms with E-state index in [1.807, 2.05) is 6.07 Å². The summed E-state index contributed by atoms with van der Waals surface area (Å²) in [6.45, 7) is 2.22. The minimum absolute atomic E-state index is 0.577. The van der Waals surface area contributed by atoms with Crippen molar-refractivity contribution in [1.29, 1.82) is 0 Å². The lowest BCUT2D eigenvalue weighted by Crippen LogP contribution is -2.26. The van der Waals surface area contributed by atoms with Gasteiger partial charge in [-0.3, -0.25) is 0 Å². The number of hydrogen-bond donors (Lipinski definition) is 3. The average molecular weight is 215 g/mol. The molecule has 1 heterocycles. The van der Waals surface area contributed by atoms with Gasteiger partial charge >= 0.3 is 7.12 Å². The summed E-state index contributed by atoms with van der Waals surface area (Å²) >= 11 is 1.40. The van der Waals surface area contributed by atoms with E-state index in [0.29, 0.717) is 11.4 Å². The third-order valence-corrected chi connectivity index (χ3v) is 2.84. The molecule has 14 heavy (non-hydrogen) atoms. The first-order chi connectivity index (χ1) is 6.74. The molecule has 0 spiro atoms. The molecule has 0 aliphatic heterocycles. The molecule has 78 valence electrons. The molecule has 0 saturated heterocycles. The molecule has 0 unspecified atom stereocenters. The summed E-state index contributed by atoms with van der Waals surface area (Å²) in [5.74, 6) is 0. The summed E-state index contributed by atoms with van der Waals surface area (Å²) < 4.78 is 5.46. The van der Waals surface area contributed by atoms with E-state index in [1.165, 1.54) is 11.3 Å². The van der Waals surface area contributed by atoms with Gasteiger partial charge in [-0.15, -0.1) is 11.3 Å². The number of rotatable bonds is 6. The van der Waals surface area contributed by atoms with E-state index in [1.54, 1.807) is 13.2 Å². The molecule has 0 amide bonds. The maximum atomic E-state index is 8.87. The van der Waals surface area contributed by atoms with Crippen LogP contribution >= 0.6 is 11.3 Å². The van der Waals surface area contributed by atoms with Gasteiger partial charge in [0.2, 0.25) is 0 Å². The van der Waals surface area contributed by atoms with Crippen molar-refractivity contribution >= 4 is 23.2 Å². The van der Waals surface area contributed by atoms with Gasteiger partial charge < -0.3 is 20.1 Å². The van der Waals surface area contributed by atoms with Crippen molar-refractivity contribution < 1.29 is 14.8 Å². The van der Waals surface area contributed by atoms with Gasteiger partial charge in [0.15, 0.2) is 0 Å². The van der Waals surface area contributed by atoms with Crippen LogP contribution in [0.4, 0.5) is 0 Å². The third kappa shape index (κ3) is 3.77. The van der Waals surface area contributed by atoms with Crippen LogP contribution in [-0.4, -0.2) is 37.4 Å². The van der Waals surface area contributed by atoms with Crippen LogP contribution in [-0.2, 0) is 11.3 Å². The zero-order valence-corrected chi connectivity index (χ0v) is 8.88. The first kappa shape index (κ1) is 11.7. The van der Waals surface area contributed by atoms with Crippen LogP contribution in [0.25, 0.3) is 0 Å². The van der Waals surface area contributed by atoms with Gasteiger partial charge in [-0.2, -0.15) is 0 Å². The highest BCUT2D eigenvalue weighted by molar-refractivity contribution is 7.22. The van der Waals surface area contributed by atoms with Crippen LogP contribution in [0.15, 0.2) is 12.1 Å². The predicted molar refractivity (Wildman–Crippen MR) is 57.7 cm³/mol. The molecule has 4 nitrogen and oxygen atoms in total. The summed E-state index contributed by atoms with van der Waals surface area (Å²) in [4.78, 5) is 1.09. The van der Waals surface area contributed by atoms with Gasteiger partial charge in [-0.05, 0) is 6.07 Å². The fourth-order valence-corrected chi connectivity index (χ4v) is 1.87. The van der Waals surface area contributed by atoms with E-state index in [-0.39, 0.29) is 0 Å². The van der Waals surface area contributed by atoms with Crippen molar-refractivity contribution in [3.63, 3.8) is 0 Å². The van der Waals surface area contributed by atoms with Crippen LogP contribution in [0.3, 0.4) is 0 Å². The van der Waals surface area contributed by atoms with Crippen molar-refractivity contribution in [2.45, 2.75) is 6.54 Å². The van der Waals surface area contributed by atoms with Crippen LogP contribution in [0.5, 0.6) is 0 Å². The molecule has 0 aliphatic carbocycles. The van der Waals surface area contributed by atoms with Crippen LogP contribution < -0.4 is 10.1 Å². The highest BCUT2D eigenvalue weighted by Gasteiger charge is 2.13. The minimum atomic E-state index is -1.35. The number of methoxy groups -OCH3 is 1. The van der Waals surface area contributed by atoms with Crippen molar-refractivity contribution in [2.24, 2.45) is 0 Å². The Hall–Kier alpha value is -0.395. The zero-order valence-electron chi connectivity index (χ0n) is 8.06. The monoisotopic (exact) mass is 215 g/mol. The van der Waals surface area contributed by atoms with Gasteiger partial charge in [-0.25, -0.2) is 0 Å². The van der Waals surface area contributed by atoms with Gasteiger partial charge in [0, 0.05) is 29.9 Å². The molecule has 0 aromatic carbocycles. The Bertz CT molecular complexity index is 267. The summed E-state index contributed by atoms with van der Waals surface area (Å²) in [5.41, 5.74) is 0. The van der Waals surface area contributed by atoms with Crippen molar-refractivity contribution in [2.75, 3.05) is 20.3 Å². The highest BCUT2D eigenvalue weighted by atomic mass is 32.1. The Morgan fingerprint density at radius 3 is 2.86 bits per heavy atom. The first-order valence-corrected chi connectivity index (χ1v) is 5.20. The van der Waals surface area contributed by atoms with E-state index in [0.717, 1.165) is 18.0 Å². The van der Waals surface area contributed by atoms with Gasteiger partial charge in [-0.1, -0.05) is 6.07 Å². The van der Waals surface area contributed by atoms with Crippen LogP contribution in [0, 0.1) is 0 Å². The second-order valence-electron chi connectivity index (χ2n) is 2.85. The van der Waals surface area contributed by atoms with Gasteiger partial charge in [0.25, 0.3) is 0 Å². The normalized spacial score (nSPS) is 10.5. The number of hydrogen-bond acceptors (Lipinski definition) is 5. The standard InChI is InChI=1S/C8H14BNO3S/c1-13-5-4-10-6-7-2-3-8(14-7)9(11)12/h2-3,10-12H,4-6H2,1H3. The van der Waals surface area contributed by atoms with Gasteiger partial charge in [0.05, 0.1) is 6.61 Å². The van der Waals surface area contributed by atoms with E-state index in [9.17, 15) is 0 Å². The molecule has 0 aliphatic rings. The second-order valence-corrected chi connectivity index (χ2v) is 4.05. The van der Waals surface area contributed by atoms with Crippen LogP contribution in [0.1, 0.15) is 4.88 Å². The van der Waals surface area contributed by atoms with E-state index >= 15 is 0 Å². The number of nitrogens with one attached hydrogen (secondary N) is 1. The quantitative estimate of drug-likeness (QED) is 0.428. The summed E-state index contributed by atoms with van der Waals surface area (Å²) in [5, 5.41) is 20.9. The molecule has 1 rings (SSSR count). The molecular formula is C8H14BNO3S. The Balaban J connectivity index is 2.29. The summed E-state index contributed by atoms with van der Waals surface area (Å²) in [6, 6.07) is 3.61. The van der Waals surface area contributed by atoms with Crippen LogP contribution in [0.2, 0.25) is 0 Å². The SMILES string of the molecule is COCCNCc1ccc(B(O)O)s1. The maximum Gasteiger partial charge on any atom is 0.499 e. The number of ether oxygens (including phenoxy) is 1. The fourth-order valence-electron chi connectivity index (χ4n) is 1.01. The van der Waals surface area contributed by atoms with E-state index in [2.05, 4.69) is 5.32 Å². The Kier molecular flexibility index (Phi) is 5.14. The fraction of sp³-hybridized carbons (Fsp3) is 0.500. The molecule has 0 fully saturated rings. The van der Waals surface area contributed by atoms with Crippen molar-refractivity contribution in [3.05, 3.63) is 17.0 Å². The summed E-state index contributed by atoms with van der Waals surface area (Å²) in [7, 11) is 0.306. The van der Waals surface area contributed by atoms with Gasteiger partial charge in [0.1, 0.15) is 0 Å². The Morgan fingerprint density at radius 2 is 2.29 bits per heavy atom. The molecule has 6 heteroatoms. The zero-order chi connectivity index (χ0) is 10.4. The first-order valence-electron chi connectivity index (χ1n) is 4.38. The maximum absolute atomic E-state index is 8.87. The lowest BCUT2D eigenvalue weighted by atomic mass is 9.90. The smallest absolute Gasteiger partial charge is 0.423 e. The number of thiophene rings is 1. The van der Waals surface area contributed by atoms with E-state index in [4.69, 9.17) is 14.8 Å². The Labute approximate surface area is 87.7 Å². The molecule has 0 saturated carbocycles. The minimum Gasteiger partial charge on any atom is -0.423 e. The molecule has 0 atom stereocenters. The molecule has 0 bridgehead atoms. The molecule has 3 N–H and O–H groups in total. The molecule has 1 aromatic heterocycles. The predicted octanol–water partition coefficient (Wildman–Crippen LogP) is -0.836. The molecule has 0 radical (unpaired) electrons. The Morgan fingerprint density at radius 1 is 1.50 bits per heavy atom. The lowest BCUT2D eigenvalue weighted by Gasteiger charge is -2.00. The van der Waals surface area contributed by atoms with E-state index < -0.39 is 7.12 Å². The summed E-state index contributed by atoms with van der Waals surface area (Å²) in [6.07, 6.45) is 0. The molecular weight excluding hydrogens is 201 g/mol. The average Bonchev–Trinajstić information content (AvgIpc) is 2.61. The highest BCUT2D eigenvalue weighted by Crippen LogP contribution is 2.06.